The Hall–Kier alpha value is 0.920. The van der Waals surface area contributed by atoms with Crippen LogP contribution in [0.1, 0.15) is 0 Å². The summed E-state index contributed by atoms with van der Waals surface area (Å²) in [5.41, 5.74) is 0.712. The van der Waals surface area contributed by atoms with Crippen LogP contribution in [0.25, 0.3) is 0 Å². The van der Waals surface area contributed by atoms with Crippen molar-refractivity contribution < 1.29 is 0 Å². The molecule has 1 heterocycles. The van der Waals surface area contributed by atoms with Crippen LogP contribution in [-0.2, 0) is 0 Å². The van der Waals surface area contributed by atoms with Gasteiger partial charge in [0.25, 0.3) is 0 Å². The van der Waals surface area contributed by atoms with Crippen LogP contribution in [0.4, 0.5) is 0 Å². The van der Waals surface area contributed by atoms with Gasteiger partial charge in [-0.15, -0.1) is 18.2 Å². The molecule has 0 aromatic carbocycles. The Bertz CT molecular complexity index is 182. The third kappa shape index (κ3) is 2.71. The predicted octanol–water partition coefficient (Wildman–Crippen LogP) is 4.38. The number of allylic oxidation sites excluding steroid dienone is 3. The van der Waals surface area contributed by atoms with Crippen LogP contribution in [0.3, 0.4) is 0 Å². The van der Waals surface area contributed by atoms with Crippen LogP contribution in [0.5, 0.6) is 0 Å². The molecule has 0 saturated carbocycles. The van der Waals surface area contributed by atoms with Gasteiger partial charge in [-0.05, 0) is 12.3 Å². The van der Waals surface area contributed by atoms with Crippen molar-refractivity contribution in [3.05, 3.63) is 24.8 Å². The Kier molecular flexibility index (Phi) is 5.14. The van der Waals surface area contributed by atoms with E-state index in [4.69, 9.17) is 22.8 Å². The van der Waals surface area contributed by atoms with E-state index < -0.39 is 0 Å². The highest BCUT2D eigenvalue weighted by Gasteiger charge is 2.36. The zero-order valence-electron chi connectivity index (χ0n) is 6.79. The maximum absolute atomic E-state index is 6.15. The highest BCUT2D eigenvalue weighted by atomic mass is 35.7. The quantitative estimate of drug-likeness (QED) is 0.389. The van der Waals surface area contributed by atoms with Gasteiger partial charge in [0.1, 0.15) is 0 Å². The molecule has 0 N–H and O–H groups in total. The van der Waals surface area contributed by atoms with Gasteiger partial charge in [0.05, 0.1) is 0 Å². The molecule has 1 saturated heterocycles. The molecule has 68 valence electrons. The monoisotopic (exact) mass is 240 g/mol. The summed E-state index contributed by atoms with van der Waals surface area (Å²) >= 11 is 11.7. The van der Waals surface area contributed by atoms with Crippen LogP contribution >= 0.6 is 37.4 Å². The minimum Gasteiger partial charge on any atom is -0.122 e. The van der Waals surface area contributed by atoms with Gasteiger partial charge >= 0.3 is 0 Å². The van der Waals surface area contributed by atoms with Gasteiger partial charge in [0.2, 0.25) is 0 Å². The van der Waals surface area contributed by atoms with Gasteiger partial charge < -0.3 is 0 Å². The molecule has 12 heavy (non-hydrogen) atoms. The van der Waals surface area contributed by atoms with E-state index in [9.17, 15) is 0 Å². The molecular formula is C8H12Cl2P2. The lowest BCUT2D eigenvalue weighted by Crippen LogP contribution is -2.15. The second kappa shape index (κ2) is 5.61. The largest absolute Gasteiger partial charge is 0.122 e. The molecule has 1 fully saturated rings. The van der Waals surface area contributed by atoms with E-state index in [1.54, 1.807) is 0 Å². The second-order valence-corrected chi connectivity index (χ2v) is 10.7. The van der Waals surface area contributed by atoms with Gasteiger partial charge in [0, 0.05) is 18.5 Å². The summed E-state index contributed by atoms with van der Waals surface area (Å²) in [6.45, 7) is 3.64. The summed E-state index contributed by atoms with van der Waals surface area (Å²) in [6.07, 6.45) is 8.53. The molecule has 4 heteroatoms. The van der Waals surface area contributed by atoms with Crippen molar-refractivity contribution in [3.8, 4) is 0 Å². The summed E-state index contributed by atoms with van der Waals surface area (Å²) < 4.78 is 0. The summed E-state index contributed by atoms with van der Waals surface area (Å²) in [6, 6.07) is 0. The molecule has 0 spiro atoms. The molecule has 0 bridgehead atoms. The predicted molar refractivity (Wildman–Crippen MR) is 63.3 cm³/mol. The molecule has 0 aromatic heterocycles. The van der Waals surface area contributed by atoms with E-state index >= 15 is 0 Å². The van der Waals surface area contributed by atoms with Crippen molar-refractivity contribution in [3.63, 3.8) is 0 Å². The summed E-state index contributed by atoms with van der Waals surface area (Å²) in [4.78, 5) is 0. The molecule has 0 aliphatic carbocycles. The Morgan fingerprint density at radius 2 is 2.25 bits per heavy atom. The van der Waals surface area contributed by atoms with E-state index in [-0.39, 0.29) is 14.6 Å². The summed E-state index contributed by atoms with van der Waals surface area (Å²) in [5, 5.41) is 0. The van der Waals surface area contributed by atoms with Crippen LogP contribution < -0.4 is 0 Å². The van der Waals surface area contributed by atoms with Gasteiger partial charge in [0.15, 0.2) is 0 Å². The highest BCUT2D eigenvalue weighted by Crippen LogP contribution is 2.84. The molecule has 1 rings (SSSR count). The maximum Gasteiger partial charge on any atom is 0.0404 e. The summed E-state index contributed by atoms with van der Waals surface area (Å²) in [5.74, 6) is 0.613. The average Bonchev–Trinajstić information content (AvgIpc) is 2.08. The minimum absolute atomic E-state index is 0.0326. The first-order valence-corrected chi connectivity index (χ1v) is 9.09. The molecule has 1 aliphatic heterocycles. The van der Waals surface area contributed by atoms with E-state index in [1.807, 2.05) is 6.08 Å². The van der Waals surface area contributed by atoms with Crippen molar-refractivity contribution in [2.24, 2.45) is 0 Å². The maximum atomic E-state index is 6.15. The Morgan fingerprint density at radius 3 is 2.75 bits per heavy atom. The molecule has 1 aliphatic rings. The van der Waals surface area contributed by atoms with E-state index in [2.05, 4.69) is 18.7 Å². The molecule has 3 unspecified atom stereocenters. The first-order valence-electron chi connectivity index (χ1n) is 3.83. The number of hydrogen-bond acceptors (Lipinski definition) is 0. The smallest absolute Gasteiger partial charge is 0.0404 e. The molecule has 0 amide bonds. The fraction of sp³-hybridized carbons (Fsp3) is 0.500. The topological polar surface area (TPSA) is 0 Å². The van der Waals surface area contributed by atoms with E-state index in [0.717, 1.165) is 6.16 Å². The SMILES string of the molecule is C=CC1CP(Cl)P1C/C=C\CCl. The number of rotatable bonds is 4. The normalized spacial score (nSPS) is 35.0. The highest BCUT2D eigenvalue weighted by molar-refractivity contribution is 8.43. The lowest BCUT2D eigenvalue weighted by molar-refractivity contribution is 1.22. The van der Waals surface area contributed by atoms with Crippen molar-refractivity contribution in [2.75, 3.05) is 18.2 Å². The van der Waals surface area contributed by atoms with Gasteiger partial charge in [-0.3, -0.25) is 0 Å². The van der Waals surface area contributed by atoms with Crippen molar-refractivity contribution in [2.45, 2.75) is 5.66 Å². The Morgan fingerprint density at radius 1 is 1.50 bits per heavy atom. The Labute approximate surface area is 86.2 Å². The summed E-state index contributed by atoms with van der Waals surface area (Å²) in [7, 11) is 0.0326. The first kappa shape index (κ1) is 11.0. The van der Waals surface area contributed by atoms with Crippen LogP contribution in [0.15, 0.2) is 24.8 Å². The van der Waals surface area contributed by atoms with Gasteiger partial charge in [-0.2, -0.15) is 0 Å². The Balaban J connectivity index is 2.30. The fourth-order valence-electron chi connectivity index (χ4n) is 1.08. The second-order valence-electron chi connectivity index (χ2n) is 2.57. The van der Waals surface area contributed by atoms with E-state index in [0.29, 0.717) is 11.5 Å². The fourth-order valence-corrected chi connectivity index (χ4v) is 8.98. The average molecular weight is 241 g/mol. The standard InChI is InChI=1S/C8H12Cl2P2/c1-2-8-7-12(10)11(8)6-4-3-5-9/h2-4,8H,1,5-7H2/b4-3-. The lowest BCUT2D eigenvalue weighted by atomic mass is 10.5. The minimum atomic E-state index is -0.171. The number of alkyl halides is 1. The van der Waals surface area contributed by atoms with Crippen LogP contribution in [0.2, 0.25) is 0 Å². The molecule has 3 atom stereocenters. The molecule has 0 nitrogen and oxygen atoms in total. The van der Waals surface area contributed by atoms with Gasteiger partial charge in [-0.1, -0.05) is 37.1 Å². The zero-order valence-corrected chi connectivity index (χ0v) is 10.1. The third-order valence-corrected chi connectivity index (χ3v) is 11.0. The lowest BCUT2D eigenvalue weighted by Gasteiger charge is -2.39. The van der Waals surface area contributed by atoms with Crippen molar-refractivity contribution >= 4 is 37.4 Å². The van der Waals surface area contributed by atoms with Crippen molar-refractivity contribution in [1.29, 1.82) is 0 Å². The van der Waals surface area contributed by atoms with Crippen LogP contribution in [0, 0.1) is 0 Å². The first-order chi connectivity index (χ1) is 5.79. The molecular weight excluding hydrogens is 229 g/mol. The third-order valence-electron chi connectivity index (χ3n) is 1.82. The molecule has 0 aromatic rings. The molecule has 0 radical (unpaired) electrons. The zero-order chi connectivity index (χ0) is 8.97. The van der Waals surface area contributed by atoms with Gasteiger partial charge in [-0.25, -0.2) is 0 Å². The van der Waals surface area contributed by atoms with Crippen LogP contribution in [-0.4, -0.2) is 23.9 Å². The number of halogens is 2. The number of hydrogen-bond donors (Lipinski definition) is 0. The van der Waals surface area contributed by atoms with E-state index in [1.165, 1.54) is 6.16 Å². The van der Waals surface area contributed by atoms with Crippen molar-refractivity contribution in [1.82, 2.24) is 0 Å².